The molecule has 0 unspecified atom stereocenters. The fraction of sp³-hybridized carbons (Fsp3) is 0.375. The molecule has 0 saturated heterocycles. The molecular formula is C16H20O6. The first kappa shape index (κ1) is 17.6. The Morgan fingerprint density at radius 3 is 1.95 bits per heavy atom. The SMILES string of the molecule is COc1cc(C(=O)O)cc(OC)c1/C=C/C(=O)OC(C)(C)C. The van der Waals surface area contributed by atoms with Gasteiger partial charge in [-0.15, -0.1) is 0 Å². The summed E-state index contributed by atoms with van der Waals surface area (Å²) in [6.45, 7) is 5.30. The third-order valence-corrected chi connectivity index (χ3v) is 2.58. The summed E-state index contributed by atoms with van der Waals surface area (Å²) < 4.78 is 15.5. The smallest absolute Gasteiger partial charge is 0.335 e. The van der Waals surface area contributed by atoms with E-state index in [4.69, 9.17) is 19.3 Å². The van der Waals surface area contributed by atoms with Gasteiger partial charge in [0.2, 0.25) is 0 Å². The molecule has 0 heterocycles. The number of esters is 1. The van der Waals surface area contributed by atoms with Gasteiger partial charge in [0.25, 0.3) is 0 Å². The van der Waals surface area contributed by atoms with Gasteiger partial charge in [-0.05, 0) is 39.0 Å². The van der Waals surface area contributed by atoms with Crippen molar-refractivity contribution in [3.8, 4) is 11.5 Å². The van der Waals surface area contributed by atoms with E-state index in [2.05, 4.69) is 0 Å². The van der Waals surface area contributed by atoms with Crippen molar-refractivity contribution in [3.63, 3.8) is 0 Å². The predicted octanol–water partition coefficient (Wildman–Crippen LogP) is 2.76. The van der Waals surface area contributed by atoms with Crippen LogP contribution in [0.5, 0.6) is 11.5 Å². The summed E-state index contributed by atoms with van der Waals surface area (Å²) in [4.78, 5) is 22.8. The first-order valence-corrected chi connectivity index (χ1v) is 6.58. The Kier molecular flexibility index (Phi) is 5.56. The van der Waals surface area contributed by atoms with Crippen molar-refractivity contribution in [2.75, 3.05) is 14.2 Å². The van der Waals surface area contributed by atoms with Crippen LogP contribution in [0, 0.1) is 0 Å². The summed E-state index contributed by atoms with van der Waals surface area (Å²) in [6, 6.07) is 2.72. The van der Waals surface area contributed by atoms with Crippen molar-refractivity contribution >= 4 is 18.0 Å². The molecule has 0 fully saturated rings. The Balaban J connectivity index is 3.18. The number of carboxylic acids is 1. The number of hydrogen-bond donors (Lipinski definition) is 1. The minimum atomic E-state index is -1.10. The zero-order chi connectivity index (χ0) is 16.9. The normalized spacial score (nSPS) is 11.3. The van der Waals surface area contributed by atoms with Crippen molar-refractivity contribution in [1.82, 2.24) is 0 Å². The lowest BCUT2D eigenvalue weighted by Crippen LogP contribution is -2.22. The average Bonchev–Trinajstić information content (AvgIpc) is 2.41. The monoisotopic (exact) mass is 308 g/mol. The number of carbonyl (C=O) groups is 2. The number of carbonyl (C=O) groups excluding carboxylic acids is 1. The molecule has 0 radical (unpaired) electrons. The molecule has 0 bridgehead atoms. The van der Waals surface area contributed by atoms with Crippen LogP contribution in [0.3, 0.4) is 0 Å². The quantitative estimate of drug-likeness (QED) is 0.665. The topological polar surface area (TPSA) is 82.1 Å². The zero-order valence-electron chi connectivity index (χ0n) is 13.3. The summed E-state index contributed by atoms with van der Waals surface area (Å²) in [6.07, 6.45) is 2.71. The summed E-state index contributed by atoms with van der Waals surface area (Å²) >= 11 is 0. The summed E-state index contributed by atoms with van der Waals surface area (Å²) in [5, 5.41) is 9.06. The molecule has 0 aromatic heterocycles. The zero-order valence-corrected chi connectivity index (χ0v) is 13.3. The van der Waals surface area contributed by atoms with Gasteiger partial charge in [0.05, 0.1) is 25.3 Å². The number of rotatable bonds is 5. The van der Waals surface area contributed by atoms with Crippen LogP contribution in [0.4, 0.5) is 0 Å². The van der Waals surface area contributed by atoms with Crippen LogP contribution in [0.1, 0.15) is 36.7 Å². The molecule has 6 nitrogen and oxygen atoms in total. The highest BCUT2D eigenvalue weighted by Gasteiger charge is 2.16. The van der Waals surface area contributed by atoms with Gasteiger partial charge in [0.1, 0.15) is 17.1 Å². The molecule has 6 heteroatoms. The van der Waals surface area contributed by atoms with Gasteiger partial charge >= 0.3 is 11.9 Å². The molecule has 0 aliphatic rings. The Morgan fingerprint density at radius 2 is 1.59 bits per heavy atom. The van der Waals surface area contributed by atoms with E-state index in [1.165, 1.54) is 38.5 Å². The second-order valence-corrected chi connectivity index (χ2v) is 5.47. The lowest BCUT2D eigenvalue weighted by Gasteiger charge is -2.18. The maximum absolute atomic E-state index is 11.7. The number of carboxylic acid groups (broad SMARTS) is 1. The van der Waals surface area contributed by atoms with E-state index in [1.807, 2.05) is 0 Å². The Bertz CT molecular complexity index is 570. The van der Waals surface area contributed by atoms with Gasteiger partial charge in [0.15, 0.2) is 0 Å². The largest absolute Gasteiger partial charge is 0.496 e. The predicted molar refractivity (Wildman–Crippen MR) is 81.4 cm³/mol. The van der Waals surface area contributed by atoms with E-state index < -0.39 is 17.5 Å². The molecular weight excluding hydrogens is 288 g/mol. The Morgan fingerprint density at radius 1 is 1.09 bits per heavy atom. The molecule has 120 valence electrons. The maximum atomic E-state index is 11.7. The molecule has 0 amide bonds. The van der Waals surface area contributed by atoms with Gasteiger partial charge < -0.3 is 19.3 Å². The fourth-order valence-corrected chi connectivity index (χ4v) is 1.71. The van der Waals surface area contributed by atoms with E-state index >= 15 is 0 Å². The molecule has 0 aliphatic carbocycles. The molecule has 0 spiro atoms. The Hall–Kier alpha value is -2.50. The van der Waals surface area contributed by atoms with Gasteiger partial charge in [-0.3, -0.25) is 0 Å². The molecule has 1 aromatic rings. The summed E-state index contributed by atoms with van der Waals surface area (Å²) in [5.41, 5.74) is -0.105. The minimum absolute atomic E-state index is 0.0307. The van der Waals surface area contributed by atoms with E-state index in [0.29, 0.717) is 5.56 Å². The van der Waals surface area contributed by atoms with Crippen LogP contribution < -0.4 is 9.47 Å². The van der Waals surface area contributed by atoms with Crippen LogP contribution in [-0.2, 0) is 9.53 Å². The summed E-state index contributed by atoms with van der Waals surface area (Å²) in [7, 11) is 2.82. The Labute approximate surface area is 129 Å². The fourth-order valence-electron chi connectivity index (χ4n) is 1.71. The van der Waals surface area contributed by atoms with Crippen molar-refractivity contribution in [2.24, 2.45) is 0 Å². The minimum Gasteiger partial charge on any atom is -0.496 e. The molecule has 0 atom stereocenters. The third-order valence-electron chi connectivity index (χ3n) is 2.58. The number of aromatic carboxylic acids is 1. The van der Waals surface area contributed by atoms with Crippen molar-refractivity contribution < 1.29 is 28.9 Å². The first-order valence-electron chi connectivity index (χ1n) is 6.58. The lowest BCUT2D eigenvalue weighted by molar-refractivity contribution is -0.148. The van der Waals surface area contributed by atoms with Crippen LogP contribution >= 0.6 is 0 Å². The molecule has 1 rings (SSSR count). The highest BCUT2D eigenvalue weighted by molar-refractivity contribution is 5.92. The number of ether oxygens (including phenoxy) is 3. The van der Waals surface area contributed by atoms with E-state index in [-0.39, 0.29) is 17.1 Å². The van der Waals surface area contributed by atoms with Gasteiger partial charge in [-0.1, -0.05) is 0 Å². The second-order valence-electron chi connectivity index (χ2n) is 5.47. The van der Waals surface area contributed by atoms with E-state index in [9.17, 15) is 9.59 Å². The second kappa shape index (κ2) is 6.98. The first-order chi connectivity index (χ1) is 10.2. The lowest BCUT2D eigenvalue weighted by atomic mass is 10.1. The van der Waals surface area contributed by atoms with Crippen LogP contribution in [-0.4, -0.2) is 36.9 Å². The number of hydrogen-bond acceptors (Lipinski definition) is 5. The van der Waals surface area contributed by atoms with Crippen molar-refractivity contribution in [3.05, 3.63) is 29.3 Å². The molecule has 1 aromatic carbocycles. The van der Waals surface area contributed by atoms with Crippen LogP contribution in [0.25, 0.3) is 6.08 Å². The van der Waals surface area contributed by atoms with Gasteiger partial charge in [-0.2, -0.15) is 0 Å². The highest BCUT2D eigenvalue weighted by Crippen LogP contribution is 2.32. The third kappa shape index (κ3) is 4.80. The standard InChI is InChI=1S/C16H20O6/c1-16(2,3)22-14(17)7-6-11-12(20-4)8-10(15(18)19)9-13(11)21-5/h6-9H,1-5H3,(H,18,19)/b7-6+. The molecule has 1 N–H and O–H groups in total. The maximum Gasteiger partial charge on any atom is 0.335 e. The van der Waals surface area contributed by atoms with Gasteiger partial charge in [0, 0.05) is 6.08 Å². The van der Waals surface area contributed by atoms with Crippen LogP contribution in [0.15, 0.2) is 18.2 Å². The molecule has 22 heavy (non-hydrogen) atoms. The van der Waals surface area contributed by atoms with Gasteiger partial charge in [-0.25, -0.2) is 9.59 Å². The number of methoxy groups -OCH3 is 2. The van der Waals surface area contributed by atoms with Crippen molar-refractivity contribution in [2.45, 2.75) is 26.4 Å². The average molecular weight is 308 g/mol. The van der Waals surface area contributed by atoms with Crippen LogP contribution in [0.2, 0.25) is 0 Å². The van der Waals surface area contributed by atoms with Crippen molar-refractivity contribution in [1.29, 1.82) is 0 Å². The molecule has 0 saturated carbocycles. The van der Waals surface area contributed by atoms with E-state index in [1.54, 1.807) is 20.8 Å². The molecule has 0 aliphatic heterocycles. The summed E-state index contributed by atoms with van der Waals surface area (Å²) in [5.74, 6) is -1.04. The highest BCUT2D eigenvalue weighted by atomic mass is 16.6. The number of benzene rings is 1. The van der Waals surface area contributed by atoms with E-state index in [0.717, 1.165) is 0 Å².